The van der Waals surface area contributed by atoms with Gasteiger partial charge in [0.1, 0.15) is 12.6 Å². The van der Waals surface area contributed by atoms with Gasteiger partial charge >= 0.3 is 11.9 Å². The van der Waals surface area contributed by atoms with Crippen LogP contribution in [-0.2, 0) is 23.9 Å². The summed E-state index contributed by atoms with van der Waals surface area (Å²) in [5.41, 5.74) is 5.71. The van der Waals surface area contributed by atoms with E-state index in [9.17, 15) is 34.8 Å². The molecule has 29 heavy (non-hydrogen) atoms. The molecule has 1 saturated heterocycles. The summed E-state index contributed by atoms with van der Waals surface area (Å²) in [5.74, 6) is -5.97. The number of amides is 1. The maximum absolute atomic E-state index is 11.9. The molecular weight excluding hydrogens is 388 g/mol. The Morgan fingerprint density at radius 2 is 1.97 bits per heavy atom. The first-order valence-corrected chi connectivity index (χ1v) is 9.52. The fraction of sp³-hybridized carbons (Fsp3) is 0.833. The van der Waals surface area contributed by atoms with Crippen molar-refractivity contribution in [1.29, 1.82) is 0 Å². The summed E-state index contributed by atoms with van der Waals surface area (Å²) in [4.78, 5) is 34.3. The van der Waals surface area contributed by atoms with Gasteiger partial charge in [-0.15, -0.1) is 0 Å². The topological polar surface area (TPSA) is 189 Å². The molecule has 1 rings (SSSR count). The predicted molar refractivity (Wildman–Crippen MR) is 99.3 cm³/mol. The van der Waals surface area contributed by atoms with Crippen LogP contribution in [0.2, 0.25) is 0 Å². The molecular formula is C18H32N2O9. The Hall–Kier alpha value is -1.79. The number of aliphatic hydroxyl groups is 3. The number of nitrogens with two attached hydrogens (primary N) is 1. The van der Waals surface area contributed by atoms with Gasteiger partial charge in [-0.05, 0) is 12.3 Å². The number of carboxylic acid groups (broad SMARTS) is 1. The highest BCUT2D eigenvalue weighted by atomic mass is 16.7. The van der Waals surface area contributed by atoms with Gasteiger partial charge in [-0.1, -0.05) is 13.8 Å². The molecule has 11 nitrogen and oxygen atoms in total. The first-order chi connectivity index (χ1) is 13.4. The Morgan fingerprint density at radius 1 is 1.34 bits per heavy atom. The van der Waals surface area contributed by atoms with Crippen molar-refractivity contribution in [2.45, 2.75) is 70.2 Å². The summed E-state index contributed by atoms with van der Waals surface area (Å²) in [5, 5.41) is 42.3. The lowest BCUT2D eigenvalue weighted by Crippen LogP contribution is -2.58. The van der Waals surface area contributed by atoms with Crippen LogP contribution in [0.3, 0.4) is 0 Å². The zero-order valence-electron chi connectivity index (χ0n) is 16.9. The van der Waals surface area contributed by atoms with E-state index in [4.69, 9.17) is 15.2 Å². The van der Waals surface area contributed by atoms with Crippen molar-refractivity contribution in [1.82, 2.24) is 5.32 Å². The average molecular weight is 420 g/mol. The van der Waals surface area contributed by atoms with Gasteiger partial charge in [-0.3, -0.25) is 9.59 Å². The van der Waals surface area contributed by atoms with Crippen LogP contribution in [0.15, 0.2) is 0 Å². The lowest BCUT2D eigenvalue weighted by Gasteiger charge is -2.43. The van der Waals surface area contributed by atoms with E-state index in [0.717, 1.165) is 0 Å². The van der Waals surface area contributed by atoms with Crippen molar-refractivity contribution < 1.29 is 44.3 Å². The Balaban J connectivity index is 2.75. The standard InChI is InChI=1S/C18H32N2O9/c1-9(2)4-13(19)16(24)28-8-11(22)5-15-12(7-20-10(3)21)14(23)6-18(27,29-15)17(25)26/h9,11-15,22-23,27H,4-8,19H2,1-3H3,(H,20,21)(H,25,26)/t11-,12?,13-,14?,15?,18?/m0/s1. The molecule has 0 bridgehead atoms. The van der Waals surface area contributed by atoms with Crippen LogP contribution < -0.4 is 11.1 Å². The fourth-order valence-electron chi connectivity index (χ4n) is 3.18. The summed E-state index contributed by atoms with van der Waals surface area (Å²) in [6, 6.07) is -0.834. The molecule has 0 spiro atoms. The van der Waals surface area contributed by atoms with E-state index in [0.29, 0.717) is 6.42 Å². The van der Waals surface area contributed by atoms with Crippen molar-refractivity contribution in [3.8, 4) is 0 Å². The molecule has 7 N–H and O–H groups in total. The van der Waals surface area contributed by atoms with Crippen molar-refractivity contribution in [3.63, 3.8) is 0 Å². The number of nitrogens with one attached hydrogen (secondary N) is 1. The Kier molecular flexibility index (Phi) is 9.43. The lowest BCUT2D eigenvalue weighted by molar-refractivity contribution is -0.287. The largest absolute Gasteiger partial charge is 0.477 e. The minimum Gasteiger partial charge on any atom is -0.477 e. The maximum atomic E-state index is 11.9. The molecule has 0 aliphatic carbocycles. The van der Waals surface area contributed by atoms with Crippen molar-refractivity contribution in [3.05, 3.63) is 0 Å². The number of carboxylic acids is 1. The molecule has 11 heteroatoms. The van der Waals surface area contributed by atoms with Gasteiger partial charge in [0, 0.05) is 32.2 Å². The van der Waals surface area contributed by atoms with E-state index >= 15 is 0 Å². The van der Waals surface area contributed by atoms with E-state index < -0.39 is 61.0 Å². The van der Waals surface area contributed by atoms with Gasteiger partial charge in [-0.2, -0.15) is 0 Å². The second-order valence-corrected chi connectivity index (χ2v) is 7.87. The number of esters is 1. The first kappa shape index (κ1) is 25.2. The third-order valence-corrected chi connectivity index (χ3v) is 4.68. The molecule has 1 amide bonds. The number of aliphatic carboxylic acids is 1. The molecule has 6 atom stereocenters. The van der Waals surface area contributed by atoms with Gasteiger partial charge < -0.3 is 41.0 Å². The van der Waals surface area contributed by atoms with Crippen molar-refractivity contribution in [2.24, 2.45) is 17.6 Å². The minimum absolute atomic E-state index is 0.0529. The highest BCUT2D eigenvalue weighted by Gasteiger charge is 2.50. The zero-order valence-corrected chi connectivity index (χ0v) is 16.9. The third-order valence-electron chi connectivity index (χ3n) is 4.68. The van der Waals surface area contributed by atoms with Crippen LogP contribution >= 0.6 is 0 Å². The highest BCUT2D eigenvalue weighted by molar-refractivity contribution is 5.76. The molecule has 1 aliphatic rings. The van der Waals surface area contributed by atoms with E-state index in [1.54, 1.807) is 0 Å². The number of ether oxygens (including phenoxy) is 2. The van der Waals surface area contributed by atoms with Crippen LogP contribution in [0.4, 0.5) is 0 Å². The second-order valence-electron chi connectivity index (χ2n) is 7.87. The number of hydrogen-bond donors (Lipinski definition) is 6. The summed E-state index contributed by atoms with van der Waals surface area (Å²) in [6.45, 7) is 4.59. The summed E-state index contributed by atoms with van der Waals surface area (Å²) < 4.78 is 10.2. The number of carbonyl (C=O) groups is 3. The van der Waals surface area contributed by atoms with E-state index in [1.165, 1.54) is 6.92 Å². The lowest BCUT2D eigenvalue weighted by atomic mass is 9.84. The van der Waals surface area contributed by atoms with E-state index in [1.807, 2.05) is 13.8 Å². The first-order valence-electron chi connectivity index (χ1n) is 9.52. The van der Waals surface area contributed by atoms with Gasteiger partial charge in [0.2, 0.25) is 5.91 Å². The highest BCUT2D eigenvalue weighted by Crippen LogP contribution is 2.33. The minimum atomic E-state index is -2.63. The number of hydrogen-bond acceptors (Lipinski definition) is 9. The summed E-state index contributed by atoms with van der Waals surface area (Å²) in [6.07, 6.45) is -4.13. The average Bonchev–Trinajstić information content (AvgIpc) is 2.57. The van der Waals surface area contributed by atoms with Crippen molar-refractivity contribution in [2.75, 3.05) is 13.2 Å². The van der Waals surface area contributed by atoms with Crippen LogP contribution in [0.1, 0.15) is 40.0 Å². The smallest absolute Gasteiger partial charge is 0.364 e. The molecule has 0 radical (unpaired) electrons. The molecule has 0 saturated carbocycles. The second kappa shape index (κ2) is 10.8. The zero-order chi connectivity index (χ0) is 22.4. The number of rotatable bonds is 10. The normalized spacial score (nSPS) is 29.2. The molecule has 1 aliphatic heterocycles. The van der Waals surface area contributed by atoms with Crippen molar-refractivity contribution >= 4 is 17.8 Å². The summed E-state index contributed by atoms with van der Waals surface area (Å²) in [7, 11) is 0. The molecule has 0 aromatic carbocycles. The predicted octanol–water partition coefficient (Wildman–Crippen LogP) is -1.67. The van der Waals surface area contributed by atoms with Gasteiger partial charge in [0.25, 0.3) is 5.79 Å². The monoisotopic (exact) mass is 420 g/mol. The van der Waals surface area contributed by atoms with Crippen LogP contribution in [0.25, 0.3) is 0 Å². The van der Waals surface area contributed by atoms with E-state index in [-0.39, 0.29) is 24.8 Å². The third kappa shape index (κ3) is 7.86. The fourth-order valence-corrected chi connectivity index (χ4v) is 3.18. The number of carbonyl (C=O) groups excluding carboxylic acids is 2. The quantitative estimate of drug-likeness (QED) is 0.223. The van der Waals surface area contributed by atoms with Gasteiger partial charge in [0.05, 0.1) is 18.3 Å². The maximum Gasteiger partial charge on any atom is 0.364 e. The van der Waals surface area contributed by atoms with Crippen LogP contribution in [0, 0.1) is 11.8 Å². The molecule has 1 heterocycles. The Bertz CT molecular complexity index is 586. The van der Waals surface area contributed by atoms with Crippen LogP contribution in [-0.4, -0.2) is 81.6 Å². The van der Waals surface area contributed by atoms with E-state index in [2.05, 4.69) is 5.32 Å². The van der Waals surface area contributed by atoms with Gasteiger partial charge in [0.15, 0.2) is 0 Å². The molecule has 168 valence electrons. The molecule has 4 unspecified atom stereocenters. The Morgan fingerprint density at radius 3 is 2.48 bits per heavy atom. The Labute approximate surface area is 169 Å². The SMILES string of the molecule is CC(=O)NCC1C(O)CC(O)(C(=O)O)OC1C[C@H](O)COC(=O)[C@@H](N)CC(C)C. The summed E-state index contributed by atoms with van der Waals surface area (Å²) >= 11 is 0. The number of aliphatic hydroxyl groups excluding tert-OH is 2. The van der Waals surface area contributed by atoms with Gasteiger partial charge in [-0.25, -0.2) is 4.79 Å². The molecule has 0 aromatic heterocycles. The molecule has 0 aromatic rings. The molecule has 1 fully saturated rings. The van der Waals surface area contributed by atoms with Crippen LogP contribution in [0.5, 0.6) is 0 Å².